The van der Waals surface area contributed by atoms with E-state index in [2.05, 4.69) is 47.6 Å². The summed E-state index contributed by atoms with van der Waals surface area (Å²) < 4.78 is 2.15. The predicted octanol–water partition coefficient (Wildman–Crippen LogP) is 2.80. The Balaban J connectivity index is 2.22. The Morgan fingerprint density at radius 3 is 2.94 bits per heavy atom. The second-order valence-electron chi connectivity index (χ2n) is 4.27. The molecule has 0 aliphatic carbocycles. The summed E-state index contributed by atoms with van der Waals surface area (Å²) in [5, 5.41) is 3.45. The van der Waals surface area contributed by atoms with E-state index in [4.69, 9.17) is 0 Å². The zero-order valence-corrected chi connectivity index (χ0v) is 10.5. The first-order valence-corrected chi connectivity index (χ1v) is 5.99. The number of hydrogen-bond donors (Lipinski definition) is 1. The Hall–Kier alpha value is -1.61. The largest absolute Gasteiger partial charge is 0.330 e. The number of hydrogen-bond acceptors (Lipinski definition) is 2. The fraction of sp³-hybridized carbons (Fsp3) is 0.357. The predicted molar refractivity (Wildman–Crippen MR) is 71.9 cm³/mol. The molecule has 2 rings (SSSR count). The maximum Gasteiger partial charge on any atom is 0.126 e. The van der Waals surface area contributed by atoms with Gasteiger partial charge in [0.1, 0.15) is 5.82 Å². The van der Waals surface area contributed by atoms with Gasteiger partial charge in [0, 0.05) is 7.05 Å². The van der Waals surface area contributed by atoms with Crippen molar-refractivity contribution in [2.24, 2.45) is 7.05 Å². The molecular formula is C14H19N3. The first-order valence-electron chi connectivity index (χ1n) is 5.99. The third-order valence-corrected chi connectivity index (χ3v) is 3.01. The lowest BCUT2D eigenvalue weighted by molar-refractivity contribution is 0.539. The van der Waals surface area contributed by atoms with Gasteiger partial charge in [0.25, 0.3) is 0 Å². The lowest BCUT2D eigenvalue weighted by Gasteiger charge is -2.12. The van der Waals surface area contributed by atoms with Crippen molar-refractivity contribution in [3.63, 3.8) is 0 Å². The van der Waals surface area contributed by atoms with E-state index >= 15 is 0 Å². The molecular weight excluding hydrogens is 210 g/mol. The number of benzene rings is 1. The third-order valence-electron chi connectivity index (χ3n) is 3.01. The van der Waals surface area contributed by atoms with E-state index in [-0.39, 0.29) is 6.04 Å². The summed E-state index contributed by atoms with van der Waals surface area (Å²) in [7, 11) is 2.07. The summed E-state index contributed by atoms with van der Waals surface area (Å²) in [6.07, 6.45) is 2.91. The van der Waals surface area contributed by atoms with Crippen molar-refractivity contribution in [1.82, 2.24) is 14.9 Å². The van der Waals surface area contributed by atoms with Crippen LogP contribution in [0.2, 0.25) is 0 Å². The van der Waals surface area contributed by atoms with Crippen LogP contribution in [0, 0.1) is 0 Å². The van der Waals surface area contributed by atoms with Crippen LogP contribution < -0.4 is 5.32 Å². The van der Waals surface area contributed by atoms with Crippen LogP contribution in [0.3, 0.4) is 0 Å². The first-order chi connectivity index (χ1) is 8.24. The number of nitrogens with zero attached hydrogens (tertiary/aromatic N) is 2. The highest BCUT2D eigenvalue weighted by Crippen LogP contribution is 2.18. The minimum absolute atomic E-state index is 0.257. The van der Waals surface area contributed by atoms with Gasteiger partial charge in [-0.05, 0) is 32.0 Å². The summed E-state index contributed by atoms with van der Waals surface area (Å²) in [6, 6.07) is 8.48. The molecule has 0 aliphatic heterocycles. The van der Waals surface area contributed by atoms with E-state index in [0.29, 0.717) is 0 Å². The van der Waals surface area contributed by atoms with E-state index in [1.54, 1.807) is 0 Å². The van der Waals surface area contributed by atoms with Gasteiger partial charge >= 0.3 is 0 Å². The molecule has 90 valence electrons. The van der Waals surface area contributed by atoms with Crippen LogP contribution >= 0.6 is 0 Å². The average Bonchev–Trinajstić information content (AvgIpc) is 2.68. The van der Waals surface area contributed by atoms with Crippen LogP contribution in [-0.2, 0) is 7.05 Å². The van der Waals surface area contributed by atoms with Gasteiger partial charge in [-0.3, -0.25) is 0 Å². The molecule has 0 spiro atoms. The van der Waals surface area contributed by atoms with Crippen LogP contribution in [-0.4, -0.2) is 16.1 Å². The molecule has 1 N–H and O–H groups in total. The summed E-state index contributed by atoms with van der Waals surface area (Å²) in [5.41, 5.74) is 2.24. The summed E-state index contributed by atoms with van der Waals surface area (Å²) in [6.45, 7) is 6.80. The van der Waals surface area contributed by atoms with Gasteiger partial charge in [-0.25, -0.2) is 4.98 Å². The molecule has 1 heterocycles. The topological polar surface area (TPSA) is 29.9 Å². The standard InChI is InChI=1S/C14H19N3/c1-4-5-10-15-11(2)14-16-12-8-6-7-9-13(12)17(14)3/h4,6-9,11,15H,1,5,10H2,2-3H3. The molecule has 0 fully saturated rings. The van der Waals surface area contributed by atoms with Gasteiger partial charge in [0.2, 0.25) is 0 Å². The number of aryl methyl sites for hydroxylation is 1. The summed E-state index contributed by atoms with van der Waals surface area (Å²) in [4.78, 5) is 4.67. The Labute approximate surface area is 102 Å². The van der Waals surface area contributed by atoms with Gasteiger partial charge in [0.05, 0.1) is 17.1 Å². The molecule has 0 aliphatic rings. The van der Waals surface area contributed by atoms with E-state index in [9.17, 15) is 0 Å². The van der Waals surface area contributed by atoms with Gasteiger partial charge < -0.3 is 9.88 Å². The maximum atomic E-state index is 4.67. The molecule has 3 heteroatoms. The molecule has 1 unspecified atom stereocenters. The Morgan fingerprint density at radius 1 is 1.47 bits per heavy atom. The second-order valence-corrected chi connectivity index (χ2v) is 4.27. The number of para-hydroxylation sites is 2. The number of aromatic nitrogens is 2. The number of rotatable bonds is 5. The van der Waals surface area contributed by atoms with Crippen molar-refractivity contribution in [2.45, 2.75) is 19.4 Å². The van der Waals surface area contributed by atoms with Gasteiger partial charge in [0.15, 0.2) is 0 Å². The normalized spacial score (nSPS) is 12.8. The van der Waals surface area contributed by atoms with E-state index in [1.807, 2.05) is 18.2 Å². The lowest BCUT2D eigenvalue weighted by atomic mass is 10.3. The highest BCUT2D eigenvalue weighted by Gasteiger charge is 2.12. The minimum atomic E-state index is 0.257. The van der Waals surface area contributed by atoms with Crippen molar-refractivity contribution in [3.05, 3.63) is 42.7 Å². The monoisotopic (exact) mass is 229 g/mol. The van der Waals surface area contributed by atoms with Gasteiger partial charge in [-0.2, -0.15) is 0 Å². The molecule has 1 atom stereocenters. The molecule has 0 saturated carbocycles. The Morgan fingerprint density at radius 2 is 2.24 bits per heavy atom. The SMILES string of the molecule is C=CCCNC(C)c1nc2ccccc2n1C. The van der Waals surface area contributed by atoms with Gasteiger partial charge in [-0.15, -0.1) is 6.58 Å². The first kappa shape index (κ1) is 11.9. The average molecular weight is 229 g/mol. The molecule has 1 aromatic carbocycles. The summed E-state index contributed by atoms with van der Waals surface area (Å²) >= 11 is 0. The van der Waals surface area contributed by atoms with Crippen molar-refractivity contribution >= 4 is 11.0 Å². The Kier molecular flexibility index (Phi) is 3.59. The summed E-state index contributed by atoms with van der Waals surface area (Å²) in [5.74, 6) is 1.08. The van der Waals surface area contributed by atoms with Crippen LogP contribution in [0.5, 0.6) is 0 Å². The fourth-order valence-electron chi connectivity index (χ4n) is 2.04. The highest BCUT2D eigenvalue weighted by atomic mass is 15.1. The van der Waals surface area contributed by atoms with Gasteiger partial charge in [-0.1, -0.05) is 18.2 Å². The molecule has 1 aromatic heterocycles. The fourth-order valence-corrected chi connectivity index (χ4v) is 2.04. The molecule has 17 heavy (non-hydrogen) atoms. The van der Waals surface area contributed by atoms with Crippen molar-refractivity contribution in [3.8, 4) is 0 Å². The number of imidazole rings is 1. The number of nitrogens with one attached hydrogen (secondary N) is 1. The van der Waals surface area contributed by atoms with Crippen molar-refractivity contribution in [1.29, 1.82) is 0 Å². The lowest BCUT2D eigenvalue weighted by Crippen LogP contribution is -2.22. The van der Waals surface area contributed by atoms with E-state index < -0.39 is 0 Å². The molecule has 0 bridgehead atoms. The van der Waals surface area contributed by atoms with Crippen LogP contribution in [0.1, 0.15) is 25.2 Å². The molecule has 0 saturated heterocycles. The molecule has 3 nitrogen and oxygen atoms in total. The minimum Gasteiger partial charge on any atom is -0.330 e. The highest BCUT2D eigenvalue weighted by molar-refractivity contribution is 5.75. The van der Waals surface area contributed by atoms with E-state index in [1.165, 1.54) is 5.52 Å². The van der Waals surface area contributed by atoms with Crippen molar-refractivity contribution < 1.29 is 0 Å². The zero-order chi connectivity index (χ0) is 12.3. The quantitative estimate of drug-likeness (QED) is 0.631. The van der Waals surface area contributed by atoms with Crippen LogP contribution in [0.4, 0.5) is 0 Å². The zero-order valence-electron chi connectivity index (χ0n) is 10.5. The van der Waals surface area contributed by atoms with Crippen LogP contribution in [0.15, 0.2) is 36.9 Å². The van der Waals surface area contributed by atoms with Crippen LogP contribution in [0.25, 0.3) is 11.0 Å². The molecule has 0 amide bonds. The second kappa shape index (κ2) is 5.15. The smallest absolute Gasteiger partial charge is 0.126 e. The van der Waals surface area contributed by atoms with E-state index in [0.717, 1.165) is 24.3 Å². The third kappa shape index (κ3) is 2.39. The maximum absolute atomic E-state index is 4.67. The Bertz CT molecular complexity index is 513. The number of fused-ring (bicyclic) bond motifs is 1. The molecule has 2 aromatic rings. The van der Waals surface area contributed by atoms with Crippen molar-refractivity contribution in [2.75, 3.05) is 6.54 Å². The molecule has 0 radical (unpaired) electrons.